The Morgan fingerprint density at radius 3 is 2.00 bits per heavy atom. The molecule has 4 aliphatic rings. The second kappa shape index (κ2) is 10.2. The molecule has 1 unspecified atom stereocenters. The highest BCUT2D eigenvalue weighted by Gasteiger charge is 2.43. The van der Waals surface area contributed by atoms with Crippen LogP contribution in [0, 0.1) is 0 Å². The van der Waals surface area contributed by atoms with Crippen LogP contribution in [0.15, 0.2) is 48.8 Å². The van der Waals surface area contributed by atoms with Gasteiger partial charge in [0, 0.05) is 5.56 Å². The Kier molecular flexibility index (Phi) is 6.35. The second-order valence-corrected chi connectivity index (χ2v) is 12.8. The highest BCUT2D eigenvalue weighted by atomic mass is 15.1. The molecule has 1 spiro atoms. The van der Waals surface area contributed by atoms with Crippen LogP contribution in [0.4, 0.5) is 0 Å². The van der Waals surface area contributed by atoms with Gasteiger partial charge in [0.2, 0.25) is 0 Å². The minimum atomic E-state index is 0.258. The van der Waals surface area contributed by atoms with Crippen LogP contribution in [0.1, 0.15) is 79.8 Å². The predicted molar refractivity (Wildman–Crippen MR) is 164 cm³/mol. The molecule has 8 rings (SSSR count). The number of hydrogen-bond donors (Lipinski definition) is 4. The SMILES string of the molecule is CN1CCC2(CCc3c(-c4cnc([C@@H]5CCCN5)[nH]4)ccc(-c4ccc(-c5cnc(C6CCCN6)[nH]5)cc4)c32)CC1. The van der Waals surface area contributed by atoms with E-state index in [0.29, 0.717) is 12.1 Å². The summed E-state index contributed by atoms with van der Waals surface area (Å²) in [5.41, 5.74) is 10.9. The summed E-state index contributed by atoms with van der Waals surface area (Å²) in [6.45, 7) is 4.50. The maximum absolute atomic E-state index is 4.82. The van der Waals surface area contributed by atoms with E-state index in [1.165, 1.54) is 78.7 Å². The van der Waals surface area contributed by atoms with E-state index in [0.717, 1.165) is 49.7 Å². The highest BCUT2D eigenvalue weighted by molar-refractivity contribution is 5.80. The lowest BCUT2D eigenvalue weighted by Crippen LogP contribution is -2.39. The molecule has 3 saturated heterocycles. The van der Waals surface area contributed by atoms with Crippen LogP contribution >= 0.6 is 0 Å². The van der Waals surface area contributed by atoms with E-state index in [1.807, 2.05) is 6.20 Å². The first kappa shape index (κ1) is 25.5. The monoisotopic (exact) mass is 547 g/mol. The van der Waals surface area contributed by atoms with Crippen molar-refractivity contribution in [2.45, 2.75) is 68.9 Å². The van der Waals surface area contributed by atoms with Crippen LogP contribution in [0.2, 0.25) is 0 Å². The molecule has 41 heavy (non-hydrogen) atoms. The maximum atomic E-state index is 4.82. The number of imidazole rings is 2. The number of benzene rings is 2. The quantitative estimate of drug-likeness (QED) is 0.250. The van der Waals surface area contributed by atoms with E-state index in [1.54, 1.807) is 5.56 Å². The molecule has 0 bridgehead atoms. The van der Waals surface area contributed by atoms with Crippen LogP contribution in [-0.4, -0.2) is 58.1 Å². The third-order valence-corrected chi connectivity index (χ3v) is 10.4. The fourth-order valence-electron chi connectivity index (χ4n) is 8.02. The lowest BCUT2D eigenvalue weighted by Gasteiger charge is -2.40. The van der Waals surface area contributed by atoms with Gasteiger partial charge in [0.25, 0.3) is 0 Å². The molecular formula is C34H41N7. The van der Waals surface area contributed by atoms with Crippen molar-refractivity contribution in [2.24, 2.45) is 0 Å². The molecule has 1 aliphatic carbocycles. The summed E-state index contributed by atoms with van der Waals surface area (Å²) >= 11 is 0. The van der Waals surface area contributed by atoms with Gasteiger partial charge in [0.05, 0.1) is 35.9 Å². The first-order valence-corrected chi connectivity index (χ1v) is 15.7. The summed E-state index contributed by atoms with van der Waals surface area (Å²) in [5, 5.41) is 7.14. The zero-order valence-corrected chi connectivity index (χ0v) is 24.1. The zero-order chi connectivity index (χ0) is 27.4. The normalized spacial score (nSPS) is 23.9. The molecule has 7 heteroatoms. The Balaban J connectivity index is 1.16. The standard InChI is InChI=1S/C34H41N7/c1-41-18-14-34(15-19-41)13-12-26-25(30-21-38-33(40-30)28-5-3-17-36-28)11-10-24(31(26)34)22-6-8-23(9-7-22)29-20-37-32(39-29)27-4-2-16-35-27/h6-11,20-21,27-28,35-36H,2-5,12-19H2,1H3,(H,37,39)(H,38,40)/t27?,28-/m0/s1. The molecule has 2 aromatic heterocycles. The fourth-order valence-corrected chi connectivity index (χ4v) is 8.02. The lowest BCUT2D eigenvalue weighted by atomic mass is 9.71. The summed E-state index contributed by atoms with van der Waals surface area (Å²) in [6, 6.07) is 14.6. The summed E-state index contributed by atoms with van der Waals surface area (Å²) in [4.78, 5) is 19.3. The summed E-state index contributed by atoms with van der Waals surface area (Å²) in [6.07, 6.45) is 13.7. The van der Waals surface area contributed by atoms with Crippen LogP contribution < -0.4 is 10.6 Å². The zero-order valence-electron chi connectivity index (χ0n) is 24.1. The smallest absolute Gasteiger partial charge is 0.123 e. The fraction of sp³-hybridized carbons (Fsp3) is 0.471. The molecule has 0 radical (unpaired) electrons. The average molecular weight is 548 g/mol. The van der Waals surface area contributed by atoms with Gasteiger partial charge >= 0.3 is 0 Å². The number of aromatic amines is 2. The highest BCUT2D eigenvalue weighted by Crippen LogP contribution is 2.52. The largest absolute Gasteiger partial charge is 0.341 e. The van der Waals surface area contributed by atoms with E-state index >= 15 is 0 Å². The maximum Gasteiger partial charge on any atom is 0.123 e. The number of rotatable bonds is 5. The number of fused-ring (bicyclic) bond motifs is 2. The molecular weight excluding hydrogens is 506 g/mol. The van der Waals surface area contributed by atoms with Crippen molar-refractivity contribution in [3.63, 3.8) is 0 Å². The molecule has 3 aliphatic heterocycles. The minimum absolute atomic E-state index is 0.258. The number of H-pyrrole nitrogens is 2. The summed E-state index contributed by atoms with van der Waals surface area (Å²) in [5.74, 6) is 2.15. The van der Waals surface area contributed by atoms with Gasteiger partial charge in [0.15, 0.2) is 0 Å². The van der Waals surface area contributed by atoms with Gasteiger partial charge in [0.1, 0.15) is 11.6 Å². The number of likely N-dealkylation sites (tertiary alicyclic amines) is 1. The Bertz CT molecular complexity index is 1530. The van der Waals surface area contributed by atoms with Crippen LogP contribution in [0.5, 0.6) is 0 Å². The number of aromatic nitrogens is 4. The first-order chi connectivity index (χ1) is 20.2. The molecule has 212 valence electrons. The molecule has 2 atom stereocenters. The van der Waals surface area contributed by atoms with Crippen molar-refractivity contribution < 1.29 is 0 Å². The Morgan fingerprint density at radius 1 is 0.732 bits per heavy atom. The van der Waals surface area contributed by atoms with Gasteiger partial charge in [-0.3, -0.25) is 0 Å². The van der Waals surface area contributed by atoms with Crippen molar-refractivity contribution in [2.75, 3.05) is 33.2 Å². The summed E-state index contributed by atoms with van der Waals surface area (Å²) < 4.78 is 0. The van der Waals surface area contributed by atoms with E-state index in [-0.39, 0.29) is 5.41 Å². The van der Waals surface area contributed by atoms with Gasteiger partial charge in [-0.25, -0.2) is 9.97 Å². The molecule has 4 N–H and O–H groups in total. The molecule has 0 saturated carbocycles. The van der Waals surface area contributed by atoms with Gasteiger partial charge in [-0.2, -0.15) is 0 Å². The van der Waals surface area contributed by atoms with E-state index in [4.69, 9.17) is 9.97 Å². The number of piperidine rings is 1. The second-order valence-electron chi connectivity index (χ2n) is 12.8. The van der Waals surface area contributed by atoms with Crippen molar-refractivity contribution >= 4 is 0 Å². The van der Waals surface area contributed by atoms with Crippen LogP contribution in [0.3, 0.4) is 0 Å². The molecule has 5 heterocycles. The van der Waals surface area contributed by atoms with Gasteiger partial charge in [-0.05, 0) is 118 Å². The Hall–Kier alpha value is -3.26. The van der Waals surface area contributed by atoms with Crippen LogP contribution in [-0.2, 0) is 11.8 Å². The summed E-state index contributed by atoms with van der Waals surface area (Å²) in [7, 11) is 2.27. The molecule has 2 aromatic carbocycles. The molecule has 3 fully saturated rings. The predicted octanol–water partition coefficient (Wildman–Crippen LogP) is 5.89. The number of nitrogens with zero attached hydrogens (tertiary/aromatic N) is 3. The molecule has 7 nitrogen and oxygen atoms in total. The molecule has 4 aromatic rings. The van der Waals surface area contributed by atoms with Crippen LogP contribution in [0.25, 0.3) is 33.6 Å². The van der Waals surface area contributed by atoms with E-state index in [2.05, 4.69) is 75.1 Å². The van der Waals surface area contributed by atoms with Gasteiger partial charge in [-0.1, -0.05) is 36.4 Å². The van der Waals surface area contributed by atoms with Gasteiger partial charge in [-0.15, -0.1) is 0 Å². The van der Waals surface area contributed by atoms with Crippen molar-refractivity contribution in [3.05, 3.63) is 71.6 Å². The van der Waals surface area contributed by atoms with Gasteiger partial charge < -0.3 is 25.5 Å². The minimum Gasteiger partial charge on any atom is -0.341 e. The Labute approximate surface area is 242 Å². The van der Waals surface area contributed by atoms with E-state index < -0.39 is 0 Å². The van der Waals surface area contributed by atoms with Crippen molar-refractivity contribution in [3.8, 4) is 33.6 Å². The lowest BCUT2D eigenvalue weighted by molar-refractivity contribution is 0.187. The number of nitrogens with one attached hydrogen (secondary N) is 4. The number of hydrogen-bond acceptors (Lipinski definition) is 5. The average Bonchev–Trinajstić information content (AvgIpc) is 3.85. The van der Waals surface area contributed by atoms with E-state index in [9.17, 15) is 0 Å². The third-order valence-electron chi connectivity index (χ3n) is 10.4. The topological polar surface area (TPSA) is 84.7 Å². The molecule has 0 amide bonds. The van der Waals surface area contributed by atoms with Crippen molar-refractivity contribution in [1.82, 2.24) is 35.5 Å². The Morgan fingerprint density at radius 2 is 1.34 bits per heavy atom. The third kappa shape index (κ3) is 4.46. The first-order valence-electron chi connectivity index (χ1n) is 15.7. The van der Waals surface area contributed by atoms with Crippen molar-refractivity contribution in [1.29, 1.82) is 0 Å².